The molecule has 0 aromatic heterocycles. The third-order valence-electron chi connectivity index (χ3n) is 3.69. The van der Waals surface area contributed by atoms with E-state index in [1.54, 1.807) is 6.08 Å². The molecule has 0 spiro atoms. The van der Waals surface area contributed by atoms with Gasteiger partial charge in [-0.3, -0.25) is 0 Å². The minimum Gasteiger partial charge on any atom is -0.373 e. The molecule has 0 aliphatic heterocycles. The van der Waals surface area contributed by atoms with Gasteiger partial charge in [0.1, 0.15) is 0 Å². The van der Waals surface area contributed by atoms with Gasteiger partial charge in [0, 0.05) is 5.92 Å². The molecule has 2 bridgehead atoms. The summed E-state index contributed by atoms with van der Waals surface area (Å²) in [6, 6.07) is 0. The lowest BCUT2D eigenvalue weighted by molar-refractivity contribution is -0.387. The Morgan fingerprint density at radius 2 is 1.53 bits per heavy atom. The van der Waals surface area contributed by atoms with E-state index in [1.807, 2.05) is 0 Å². The zero-order valence-electron chi connectivity index (χ0n) is 8.57. The molecule has 0 heterocycles. The summed E-state index contributed by atoms with van der Waals surface area (Å²) in [6.07, 6.45) is -9.62. The fraction of sp³-hybridized carbons (Fsp3) is 0.800. The maximum Gasteiger partial charge on any atom is 0.426 e. The summed E-state index contributed by atoms with van der Waals surface area (Å²) in [4.78, 5) is 0. The van der Waals surface area contributed by atoms with Crippen molar-refractivity contribution in [1.82, 2.24) is 0 Å². The van der Waals surface area contributed by atoms with Gasteiger partial charge in [0.25, 0.3) is 5.60 Å². The number of alkyl halides is 6. The number of fused-ring (bicyclic) bond motifs is 2. The molecule has 0 saturated heterocycles. The average molecular weight is 260 g/mol. The maximum absolute atomic E-state index is 12.6. The van der Waals surface area contributed by atoms with E-state index in [4.69, 9.17) is 0 Å². The Bertz CT molecular complexity index is 339. The average Bonchev–Trinajstić information content (AvgIpc) is 2.73. The first-order valence-corrected chi connectivity index (χ1v) is 5.11. The SMILES string of the molecule is OC(C1CC2=CCC1C2)(C(F)(F)F)C(F)(F)F. The first-order chi connectivity index (χ1) is 7.57. The van der Waals surface area contributed by atoms with Crippen LogP contribution in [0, 0.1) is 11.8 Å². The molecule has 98 valence electrons. The van der Waals surface area contributed by atoms with Crippen molar-refractivity contribution >= 4 is 0 Å². The lowest BCUT2D eigenvalue weighted by Gasteiger charge is -2.39. The lowest BCUT2D eigenvalue weighted by atomic mass is 9.76. The molecule has 2 atom stereocenters. The summed E-state index contributed by atoms with van der Waals surface area (Å²) >= 11 is 0. The van der Waals surface area contributed by atoms with Gasteiger partial charge in [-0.15, -0.1) is 0 Å². The predicted octanol–water partition coefficient (Wildman–Crippen LogP) is 3.20. The molecular weight excluding hydrogens is 250 g/mol. The highest BCUT2D eigenvalue weighted by Crippen LogP contribution is 2.57. The van der Waals surface area contributed by atoms with Crippen LogP contribution in [0.3, 0.4) is 0 Å². The number of hydrogen-bond acceptors (Lipinski definition) is 1. The van der Waals surface area contributed by atoms with E-state index in [0.717, 1.165) is 0 Å². The zero-order valence-corrected chi connectivity index (χ0v) is 8.57. The van der Waals surface area contributed by atoms with E-state index in [9.17, 15) is 31.4 Å². The Balaban J connectivity index is 2.39. The van der Waals surface area contributed by atoms with E-state index in [2.05, 4.69) is 0 Å². The molecule has 1 N–H and O–H groups in total. The normalized spacial score (nSPS) is 29.7. The summed E-state index contributed by atoms with van der Waals surface area (Å²) < 4.78 is 75.5. The zero-order chi connectivity index (χ0) is 13.1. The van der Waals surface area contributed by atoms with E-state index >= 15 is 0 Å². The van der Waals surface area contributed by atoms with Gasteiger partial charge in [-0.1, -0.05) is 11.6 Å². The van der Waals surface area contributed by atoms with E-state index in [-0.39, 0.29) is 19.3 Å². The summed E-state index contributed by atoms with van der Waals surface area (Å²) in [5.41, 5.74) is -3.99. The fourth-order valence-electron chi connectivity index (χ4n) is 2.81. The van der Waals surface area contributed by atoms with Crippen LogP contribution in [-0.2, 0) is 0 Å². The Kier molecular flexibility index (Phi) is 2.54. The Hall–Kier alpha value is -0.720. The first kappa shape index (κ1) is 12.7. The van der Waals surface area contributed by atoms with Crippen LogP contribution in [-0.4, -0.2) is 23.1 Å². The smallest absolute Gasteiger partial charge is 0.373 e. The highest BCUT2D eigenvalue weighted by atomic mass is 19.4. The molecule has 0 aromatic rings. The standard InChI is InChI=1S/C10H10F6O/c11-9(12,13)8(17,10(14,15)16)7-4-5-1-2-6(7)3-5/h1,6-7,17H,2-4H2. The topological polar surface area (TPSA) is 20.2 Å². The van der Waals surface area contributed by atoms with Crippen LogP contribution in [0.2, 0.25) is 0 Å². The largest absolute Gasteiger partial charge is 0.426 e. The second-order valence-electron chi connectivity index (χ2n) is 4.63. The molecule has 2 rings (SSSR count). The molecule has 0 amide bonds. The maximum atomic E-state index is 12.6. The number of halogens is 6. The third kappa shape index (κ3) is 1.66. The lowest BCUT2D eigenvalue weighted by Crippen LogP contribution is -2.62. The minimum absolute atomic E-state index is 0.189. The minimum atomic E-state index is -5.69. The summed E-state index contributed by atoms with van der Waals surface area (Å²) in [7, 11) is 0. The monoisotopic (exact) mass is 260 g/mol. The van der Waals surface area contributed by atoms with Gasteiger partial charge < -0.3 is 5.11 Å². The Morgan fingerprint density at radius 1 is 1.00 bits per heavy atom. The second kappa shape index (κ2) is 3.40. The highest BCUT2D eigenvalue weighted by Gasteiger charge is 2.75. The summed E-state index contributed by atoms with van der Waals surface area (Å²) in [5.74, 6) is -2.55. The van der Waals surface area contributed by atoms with Gasteiger partial charge >= 0.3 is 12.4 Å². The van der Waals surface area contributed by atoms with Crippen molar-refractivity contribution in [1.29, 1.82) is 0 Å². The van der Waals surface area contributed by atoms with Gasteiger partial charge in [0.05, 0.1) is 0 Å². The molecule has 17 heavy (non-hydrogen) atoms. The number of allylic oxidation sites excluding steroid dienone is 2. The molecule has 1 nitrogen and oxygen atoms in total. The number of hydrogen-bond donors (Lipinski definition) is 1. The molecule has 2 unspecified atom stereocenters. The van der Waals surface area contributed by atoms with Crippen molar-refractivity contribution in [3.05, 3.63) is 11.6 Å². The van der Waals surface area contributed by atoms with Gasteiger partial charge in [-0.05, 0) is 25.2 Å². The van der Waals surface area contributed by atoms with Crippen LogP contribution >= 0.6 is 0 Å². The van der Waals surface area contributed by atoms with Crippen LogP contribution in [0.1, 0.15) is 19.3 Å². The molecule has 2 aliphatic carbocycles. The van der Waals surface area contributed by atoms with Crippen molar-refractivity contribution in [2.45, 2.75) is 37.2 Å². The van der Waals surface area contributed by atoms with Gasteiger partial charge in [-0.2, -0.15) is 26.3 Å². The molecule has 1 fully saturated rings. The molecular formula is C10H10F6O. The number of rotatable bonds is 1. The van der Waals surface area contributed by atoms with Gasteiger partial charge in [0.2, 0.25) is 0 Å². The molecule has 7 heteroatoms. The van der Waals surface area contributed by atoms with Crippen LogP contribution in [0.5, 0.6) is 0 Å². The molecule has 1 saturated carbocycles. The second-order valence-corrected chi connectivity index (χ2v) is 4.63. The Labute approximate surface area is 93.1 Å². The Morgan fingerprint density at radius 3 is 1.82 bits per heavy atom. The fourth-order valence-corrected chi connectivity index (χ4v) is 2.81. The third-order valence-corrected chi connectivity index (χ3v) is 3.69. The van der Waals surface area contributed by atoms with Crippen molar-refractivity contribution in [2.75, 3.05) is 0 Å². The van der Waals surface area contributed by atoms with Crippen molar-refractivity contribution in [3.63, 3.8) is 0 Å². The summed E-state index contributed by atoms with van der Waals surface area (Å²) in [6.45, 7) is 0. The van der Waals surface area contributed by atoms with Crippen molar-refractivity contribution in [3.8, 4) is 0 Å². The van der Waals surface area contributed by atoms with Crippen LogP contribution in [0.15, 0.2) is 11.6 Å². The van der Waals surface area contributed by atoms with Crippen molar-refractivity contribution in [2.24, 2.45) is 11.8 Å². The molecule has 0 radical (unpaired) electrons. The van der Waals surface area contributed by atoms with Crippen molar-refractivity contribution < 1.29 is 31.4 Å². The summed E-state index contributed by atoms with van der Waals surface area (Å²) in [5, 5.41) is 9.23. The van der Waals surface area contributed by atoms with E-state index < -0.39 is 29.8 Å². The van der Waals surface area contributed by atoms with E-state index in [0.29, 0.717) is 5.57 Å². The quantitative estimate of drug-likeness (QED) is 0.567. The van der Waals surface area contributed by atoms with Crippen LogP contribution < -0.4 is 0 Å². The van der Waals surface area contributed by atoms with Crippen LogP contribution in [0.4, 0.5) is 26.3 Å². The first-order valence-electron chi connectivity index (χ1n) is 5.11. The highest BCUT2D eigenvalue weighted by molar-refractivity contribution is 5.22. The van der Waals surface area contributed by atoms with E-state index in [1.165, 1.54) is 0 Å². The predicted molar refractivity (Wildman–Crippen MR) is 46.0 cm³/mol. The van der Waals surface area contributed by atoms with Gasteiger partial charge in [-0.25, -0.2) is 0 Å². The number of aliphatic hydroxyl groups is 1. The van der Waals surface area contributed by atoms with Crippen LogP contribution in [0.25, 0.3) is 0 Å². The molecule has 0 aromatic carbocycles. The molecule has 2 aliphatic rings. The van der Waals surface area contributed by atoms with Gasteiger partial charge in [0.15, 0.2) is 0 Å².